The van der Waals surface area contributed by atoms with E-state index in [9.17, 15) is 9.59 Å². The smallest absolute Gasteiger partial charge is 0.293 e. The van der Waals surface area contributed by atoms with Crippen LogP contribution in [0.15, 0.2) is 40.9 Å². The van der Waals surface area contributed by atoms with Gasteiger partial charge in [-0.25, -0.2) is 0 Å². The zero-order chi connectivity index (χ0) is 14.2. The van der Waals surface area contributed by atoms with Crippen LogP contribution in [-0.4, -0.2) is 30.7 Å². The SMILES string of the molecule is O=COCCCNC(=O)c1cc(-c2ccccc2)no1. The number of nitrogens with zero attached hydrogens (tertiary/aromatic N) is 1. The van der Waals surface area contributed by atoms with Crippen molar-refractivity contribution in [3.05, 3.63) is 42.2 Å². The van der Waals surface area contributed by atoms with Gasteiger partial charge in [0.2, 0.25) is 5.76 Å². The van der Waals surface area contributed by atoms with Crippen LogP contribution in [0.3, 0.4) is 0 Å². The van der Waals surface area contributed by atoms with Crippen LogP contribution in [0.4, 0.5) is 0 Å². The lowest BCUT2D eigenvalue weighted by Crippen LogP contribution is -2.24. The summed E-state index contributed by atoms with van der Waals surface area (Å²) < 4.78 is 9.52. The molecule has 0 aliphatic carbocycles. The molecule has 2 aromatic rings. The van der Waals surface area contributed by atoms with E-state index in [1.165, 1.54) is 0 Å². The molecule has 1 aromatic heterocycles. The third-order valence-electron chi connectivity index (χ3n) is 2.60. The van der Waals surface area contributed by atoms with Gasteiger partial charge in [0, 0.05) is 18.2 Å². The van der Waals surface area contributed by atoms with Crippen LogP contribution in [0, 0.1) is 0 Å². The van der Waals surface area contributed by atoms with E-state index in [2.05, 4.69) is 15.2 Å². The Morgan fingerprint density at radius 2 is 2.15 bits per heavy atom. The molecular weight excluding hydrogens is 260 g/mol. The Kier molecular flexibility index (Phi) is 4.88. The Labute approximate surface area is 115 Å². The van der Waals surface area contributed by atoms with Gasteiger partial charge in [0.25, 0.3) is 12.4 Å². The molecule has 0 aliphatic rings. The number of rotatable bonds is 7. The highest BCUT2D eigenvalue weighted by Gasteiger charge is 2.13. The van der Waals surface area contributed by atoms with Crippen molar-refractivity contribution in [3.63, 3.8) is 0 Å². The fraction of sp³-hybridized carbons (Fsp3) is 0.214. The predicted octanol–water partition coefficient (Wildman–Crippen LogP) is 1.63. The molecule has 0 bridgehead atoms. The lowest BCUT2D eigenvalue weighted by atomic mass is 10.1. The molecular formula is C14H14N2O4. The summed E-state index contributed by atoms with van der Waals surface area (Å²) in [5, 5.41) is 6.51. The summed E-state index contributed by atoms with van der Waals surface area (Å²) in [6, 6.07) is 11.0. The average Bonchev–Trinajstić information content (AvgIpc) is 2.98. The highest BCUT2D eigenvalue weighted by atomic mass is 16.5. The lowest BCUT2D eigenvalue weighted by molar-refractivity contribution is -0.128. The number of carbonyl (C=O) groups excluding carboxylic acids is 2. The van der Waals surface area contributed by atoms with Gasteiger partial charge >= 0.3 is 0 Å². The molecule has 2 rings (SSSR count). The number of amides is 1. The second-order valence-corrected chi connectivity index (χ2v) is 4.02. The highest BCUT2D eigenvalue weighted by molar-refractivity contribution is 5.92. The molecule has 6 nitrogen and oxygen atoms in total. The molecule has 104 valence electrons. The Hall–Kier alpha value is -2.63. The monoisotopic (exact) mass is 274 g/mol. The fourth-order valence-corrected chi connectivity index (χ4v) is 1.62. The Bertz CT molecular complexity index is 566. The summed E-state index contributed by atoms with van der Waals surface area (Å²) in [5.41, 5.74) is 1.50. The Morgan fingerprint density at radius 1 is 1.35 bits per heavy atom. The van der Waals surface area contributed by atoms with E-state index >= 15 is 0 Å². The lowest BCUT2D eigenvalue weighted by Gasteiger charge is -2.01. The molecule has 0 saturated carbocycles. The summed E-state index contributed by atoms with van der Waals surface area (Å²) in [6.45, 7) is 1.05. The van der Waals surface area contributed by atoms with Gasteiger partial charge in [0.1, 0.15) is 5.69 Å². The molecule has 6 heteroatoms. The van der Waals surface area contributed by atoms with Gasteiger partial charge in [-0.15, -0.1) is 0 Å². The van der Waals surface area contributed by atoms with E-state index in [1.54, 1.807) is 6.07 Å². The largest absolute Gasteiger partial charge is 0.468 e. The molecule has 1 aromatic carbocycles. The summed E-state index contributed by atoms with van der Waals surface area (Å²) in [7, 11) is 0. The summed E-state index contributed by atoms with van der Waals surface area (Å²) >= 11 is 0. The van der Waals surface area contributed by atoms with Crippen molar-refractivity contribution in [2.45, 2.75) is 6.42 Å². The second kappa shape index (κ2) is 7.08. The zero-order valence-corrected chi connectivity index (χ0v) is 10.7. The number of hydrogen-bond acceptors (Lipinski definition) is 5. The third-order valence-corrected chi connectivity index (χ3v) is 2.60. The van der Waals surface area contributed by atoms with E-state index in [4.69, 9.17) is 4.52 Å². The number of nitrogens with one attached hydrogen (secondary N) is 1. The molecule has 1 amide bonds. The van der Waals surface area contributed by atoms with Crippen LogP contribution in [0.1, 0.15) is 17.0 Å². The minimum absolute atomic E-state index is 0.153. The summed E-state index contributed by atoms with van der Waals surface area (Å²) in [5.74, 6) is -0.189. The van der Waals surface area contributed by atoms with Crippen molar-refractivity contribution < 1.29 is 18.8 Å². The van der Waals surface area contributed by atoms with Crippen LogP contribution in [0.25, 0.3) is 11.3 Å². The van der Waals surface area contributed by atoms with Crippen LogP contribution in [0.5, 0.6) is 0 Å². The van der Waals surface area contributed by atoms with Crippen LogP contribution in [0.2, 0.25) is 0 Å². The fourth-order valence-electron chi connectivity index (χ4n) is 1.62. The molecule has 0 radical (unpaired) electrons. The topological polar surface area (TPSA) is 81.4 Å². The van der Waals surface area contributed by atoms with E-state index in [1.807, 2.05) is 30.3 Å². The van der Waals surface area contributed by atoms with E-state index < -0.39 is 0 Å². The Balaban J connectivity index is 1.88. The maximum absolute atomic E-state index is 11.8. The number of aromatic nitrogens is 1. The van der Waals surface area contributed by atoms with Crippen molar-refractivity contribution >= 4 is 12.4 Å². The number of carbonyl (C=O) groups is 2. The van der Waals surface area contributed by atoms with Gasteiger partial charge in [0.15, 0.2) is 0 Å². The number of ether oxygens (including phenoxy) is 1. The van der Waals surface area contributed by atoms with Crippen molar-refractivity contribution in [1.82, 2.24) is 10.5 Å². The Morgan fingerprint density at radius 3 is 2.90 bits per heavy atom. The van der Waals surface area contributed by atoms with Gasteiger partial charge in [0.05, 0.1) is 6.61 Å². The van der Waals surface area contributed by atoms with Crippen molar-refractivity contribution in [2.24, 2.45) is 0 Å². The molecule has 0 fully saturated rings. The molecule has 0 aliphatic heterocycles. The van der Waals surface area contributed by atoms with Gasteiger partial charge in [-0.2, -0.15) is 0 Å². The minimum atomic E-state index is -0.342. The first-order chi connectivity index (χ1) is 9.81. The maximum atomic E-state index is 11.8. The maximum Gasteiger partial charge on any atom is 0.293 e. The van der Waals surface area contributed by atoms with E-state index in [-0.39, 0.29) is 18.3 Å². The van der Waals surface area contributed by atoms with Gasteiger partial charge in [-0.1, -0.05) is 35.5 Å². The first-order valence-corrected chi connectivity index (χ1v) is 6.17. The van der Waals surface area contributed by atoms with Gasteiger partial charge in [-0.3, -0.25) is 9.59 Å². The number of benzene rings is 1. The van der Waals surface area contributed by atoms with Crippen LogP contribution in [-0.2, 0) is 9.53 Å². The first kappa shape index (κ1) is 13.8. The molecule has 20 heavy (non-hydrogen) atoms. The van der Waals surface area contributed by atoms with Crippen molar-refractivity contribution in [3.8, 4) is 11.3 Å². The normalized spacial score (nSPS) is 10.0. The average molecular weight is 274 g/mol. The quantitative estimate of drug-likeness (QED) is 0.613. The molecule has 0 saturated heterocycles. The second-order valence-electron chi connectivity index (χ2n) is 4.02. The molecule has 0 unspecified atom stereocenters. The molecule has 0 spiro atoms. The standard InChI is InChI=1S/C14H14N2O4/c17-10-19-8-4-7-15-14(18)13-9-12(16-20-13)11-5-2-1-3-6-11/h1-3,5-6,9-10H,4,7-8H2,(H,15,18). The number of hydrogen-bond donors (Lipinski definition) is 1. The minimum Gasteiger partial charge on any atom is -0.468 e. The summed E-state index contributed by atoms with van der Waals surface area (Å²) in [6.07, 6.45) is 0.546. The molecule has 1 heterocycles. The van der Waals surface area contributed by atoms with Crippen LogP contribution >= 0.6 is 0 Å². The highest BCUT2D eigenvalue weighted by Crippen LogP contribution is 2.18. The molecule has 1 N–H and O–H groups in total. The van der Waals surface area contributed by atoms with Gasteiger partial charge < -0.3 is 14.6 Å². The third kappa shape index (κ3) is 3.68. The van der Waals surface area contributed by atoms with Gasteiger partial charge in [-0.05, 0) is 6.42 Å². The van der Waals surface area contributed by atoms with E-state index in [0.29, 0.717) is 25.1 Å². The summed E-state index contributed by atoms with van der Waals surface area (Å²) in [4.78, 5) is 21.7. The predicted molar refractivity (Wildman–Crippen MR) is 70.9 cm³/mol. The van der Waals surface area contributed by atoms with E-state index in [0.717, 1.165) is 5.56 Å². The van der Waals surface area contributed by atoms with Crippen molar-refractivity contribution in [1.29, 1.82) is 0 Å². The zero-order valence-electron chi connectivity index (χ0n) is 10.7. The van der Waals surface area contributed by atoms with Crippen LogP contribution < -0.4 is 5.32 Å². The molecule has 0 atom stereocenters. The van der Waals surface area contributed by atoms with Crippen molar-refractivity contribution in [2.75, 3.05) is 13.2 Å². The first-order valence-electron chi connectivity index (χ1n) is 6.17.